The summed E-state index contributed by atoms with van der Waals surface area (Å²) in [5.41, 5.74) is -0.00519. The van der Waals surface area contributed by atoms with Crippen LogP contribution in [0.2, 0.25) is 0 Å². The molecule has 0 aliphatic carbocycles. The second-order valence-electron chi connectivity index (χ2n) is 4.11. The Kier molecular flexibility index (Phi) is 3.96. The standard InChI is InChI=1S/C12H12BrFN2O2/c13-8-2-1-3-9(14)11(8)12(18)16-7-4-5-10(17)15-6-7/h1-3,7H,4-6H2,(H,15,17)(H,16,18). The molecule has 2 N–H and O–H groups in total. The SMILES string of the molecule is O=C1CCC(NC(=O)c2c(F)cccc2Br)CN1. The van der Waals surface area contributed by atoms with Gasteiger partial charge in [0.2, 0.25) is 5.91 Å². The topological polar surface area (TPSA) is 58.2 Å². The fraction of sp³-hybridized carbons (Fsp3) is 0.333. The van der Waals surface area contributed by atoms with Crippen LogP contribution in [-0.2, 0) is 4.79 Å². The van der Waals surface area contributed by atoms with Gasteiger partial charge in [-0.3, -0.25) is 9.59 Å². The Bertz CT molecular complexity index is 463. The van der Waals surface area contributed by atoms with Gasteiger partial charge in [-0.15, -0.1) is 0 Å². The second-order valence-corrected chi connectivity index (χ2v) is 4.96. The van der Waals surface area contributed by atoms with Crippen molar-refractivity contribution in [2.75, 3.05) is 6.54 Å². The molecular formula is C12H12BrFN2O2. The van der Waals surface area contributed by atoms with Gasteiger partial charge in [0.05, 0.1) is 5.56 Å². The van der Waals surface area contributed by atoms with Crippen molar-refractivity contribution in [2.24, 2.45) is 0 Å². The predicted octanol–water partition coefficient (Wildman–Crippen LogP) is 1.60. The molecule has 18 heavy (non-hydrogen) atoms. The molecule has 0 bridgehead atoms. The molecule has 1 saturated heterocycles. The van der Waals surface area contributed by atoms with Crippen molar-refractivity contribution in [3.63, 3.8) is 0 Å². The van der Waals surface area contributed by atoms with Gasteiger partial charge in [0.15, 0.2) is 0 Å². The number of rotatable bonds is 2. The normalized spacial score (nSPS) is 19.2. The monoisotopic (exact) mass is 314 g/mol. The summed E-state index contributed by atoms with van der Waals surface area (Å²) in [6.07, 6.45) is 0.951. The van der Waals surface area contributed by atoms with E-state index in [1.165, 1.54) is 12.1 Å². The molecule has 0 aromatic heterocycles. The third kappa shape index (κ3) is 2.87. The highest BCUT2D eigenvalue weighted by Gasteiger charge is 2.22. The molecule has 1 heterocycles. The van der Waals surface area contributed by atoms with E-state index in [1.54, 1.807) is 6.07 Å². The van der Waals surface area contributed by atoms with E-state index in [0.29, 0.717) is 23.9 Å². The van der Waals surface area contributed by atoms with Crippen molar-refractivity contribution < 1.29 is 14.0 Å². The first-order chi connectivity index (χ1) is 8.58. The smallest absolute Gasteiger partial charge is 0.255 e. The third-order valence-electron chi connectivity index (χ3n) is 2.79. The Labute approximate surface area is 112 Å². The van der Waals surface area contributed by atoms with E-state index in [-0.39, 0.29) is 17.5 Å². The van der Waals surface area contributed by atoms with Gasteiger partial charge in [-0.25, -0.2) is 4.39 Å². The fourth-order valence-electron chi connectivity index (χ4n) is 1.83. The Balaban J connectivity index is 2.06. The highest BCUT2D eigenvalue weighted by molar-refractivity contribution is 9.10. The van der Waals surface area contributed by atoms with Crippen molar-refractivity contribution in [1.29, 1.82) is 0 Å². The molecule has 1 unspecified atom stereocenters. The Hall–Kier alpha value is -1.43. The lowest BCUT2D eigenvalue weighted by atomic mass is 10.1. The zero-order valence-corrected chi connectivity index (χ0v) is 11.1. The molecule has 1 aliphatic heterocycles. The number of amides is 2. The van der Waals surface area contributed by atoms with Crippen molar-refractivity contribution in [3.05, 3.63) is 34.1 Å². The Morgan fingerprint density at radius 1 is 1.50 bits per heavy atom. The van der Waals surface area contributed by atoms with Crippen LogP contribution in [0.1, 0.15) is 23.2 Å². The first-order valence-corrected chi connectivity index (χ1v) is 6.39. The molecule has 0 saturated carbocycles. The summed E-state index contributed by atoms with van der Waals surface area (Å²) in [5, 5.41) is 5.37. The highest BCUT2D eigenvalue weighted by Crippen LogP contribution is 2.19. The number of hydrogen-bond acceptors (Lipinski definition) is 2. The zero-order valence-electron chi connectivity index (χ0n) is 9.50. The minimum Gasteiger partial charge on any atom is -0.354 e. The maximum atomic E-state index is 13.6. The van der Waals surface area contributed by atoms with Crippen molar-refractivity contribution in [3.8, 4) is 0 Å². The largest absolute Gasteiger partial charge is 0.354 e. The summed E-state index contributed by atoms with van der Waals surface area (Å²) in [6.45, 7) is 0.386. The van der Waals surface area contributed by atoms with E-state index < -0.39 is 11.7 Å². The van der Waals surface area contributed by atoms with Crippen LogP contribution in [0, 0.1) is 5.82 Å². The number of halogens is 2. The molecule has 2 amide bonds. The van der Waals surface area contributed by atoms with Gasteiger partial charge in [0.25, 0.3) is 5.91 Å². The molecule has 2 rings (SSSR count). The van der Waals surface area contributed by atoms with E-state index >= 15 is 0 Å². The predicted molar refractivity (Wildman–Crippen MR) is 67.6 cm³/mol. The molecule has 0 radical (unpaired) electrons. The molecule has 1 aliphatic rings. The molecule has 1 aromatic rings. The quantitative estimate of drug-likeness (QED) is 0.871. The average molecular weight is 315 g/mol. The van der Waals surface area contributed by atoms with Crippen LogP contribution >= 0.6 is 15.9 Å². The minimum absolute atomic E-state index is 0.00519. The number of carbonyl (C=O) groups excluding carboxylic acids is 2. The fourth-order valence-corrected chi connectivity index (χ4v) is 2.35. The minimum atomic E-state index is -0.568. The molecule has 0 spiro atoms. The summed E-state index contributed by atoms with van der Waals surface area (Å²) in [6, 6.07) is 4.22. The number of carbonyl (C=O) groups is 2. The van der Waals surface area contributed by atoms with Gasteiger partial charge in [0, 0.05) is 23.5 Å². The first-order valence-electron chi connectivity index (χ1n) is 5.59. The summed E-state index contributed by atoms with van der Waals surface area (Å²) in [7, 11) is 0. The van der Waals surface area contributed by atoms with Crippen LogP contribution in [0.5, 0.6) is 0 Å². The van der Waals surface area contributed by atoms with E-state index in [2.05, 4.69) is 26.6 Å². The van der Waals surface area contributed by atoms with Gasteiger partial charge >= 0.3 is 0 Å². The van der Waals surface area contributed by atoms with Gasteiger partial charge in [-0.05, 0) is 34.5 Å². The molecule has 4 nitrogen and oxygen atoms in total. The second kappa shape index (κ2) is 5.48. The molecule has 1 aromatic carbocycles. The lowest BCUT2D eigenvalue weighted by Crippen LogP contribution is -2.47. The van der Waals surface area contributed by atoms with Crippen LogP contribution in [0.3, 0.4) is 0 Å². The van der Waals surface area contributed by atoms with Crippen LogP contribution in [0.15, 0.2) is 22.7 Å². The number of piperidine rings is 1. The highest BCUT2D eigenvalue weighted by atomic mass is 79.9. The Morgan fingerprint density at radius 2 is 2.28 bits per heavy atom. The third-order valence-corrected chi connectivity index (χ3v) is 3.45. The van der Waals surface area contributed by atoms with Crippen molar-refractivity contribution in [1.82, 2.24) is 10.6 Å². The van der Waals surface area contributed by atoms with E-state index in [0.717, 1.165) is 0 Å². The van der Waals surface area contributed by atoms with Crippen molar-refractivity contribution >= 4 is 27.7 Å². The van der Waals surface area contributed by atoms with E-state index in [4.69, 9.17) is 0 Å². The van der Waals surface area contributed by atoms with E-state index in [9.17, 15) is 14.0 Å². The number of nitrogens with one attached hydrogen (secondary N) is 2. The molecule has 96 valence electrons. The number of hydrogen-bond donors (Lipinski definition) is 2. The maximum Gasteiger partial charge on any atom is 0.255 e. The number of benzene rings is 1. The Morgan fingerprint density at radius 3 is 2.89 bits per heavy atom. The summed E-state index contributed by atoms with van der Waals surface area (Å²) in [5.74, 6) is -1.06. The summed E-state index contributed by atoms with van der Waals surface area (Å²) < 4.78 is 14.0. The van der Waals surface area contributed by atoms with Gasteiger partial charge in [-0.2, -0.15) is 0 Å². The van der Waals surface area contributed by atoms with Crippen LogP contribution in [-0.4, -0.2) is 24.4 Å². The maximum absolute atomic E-state index is 13.6. The average Bonchev–Trinajstić information content (AvgIpc) is 2.32. The molecule has 1 fully saturated rings. The molecular weight excluding hydrogens is 303 g/mol. The van der Waals surface area contributed by atoms with Gasteiger partial charge in [0.1, 0.15) is 5.82 Å². The summed E-state index contributed by atoms with van der Waals surface area (Å²) >= 11 is 3.15. The van der Waals surface area contributed by atoms with Crippen molar-refractivity contribution in [2.45, 2.75) is 18.9 Å². The van der Waals surface area contributed by atoms with Crippen LogP contribution in [0.4, 0.5) is 4.39 Å². The molecule has 1 atom stereocenters. The van der Waals surface area contributed by atoms with Crippen LogP contribution < -0.4 is 10.6 Å². The molecule has 6 heteroatoms. The van der Waals surface area contributed by atoms with E-state index in [1.807, 2.05) is 0 Å². The van der Waals surface area contributed by atoms with Gasteiger partial charge < -0.3 is 10.6 Å². The lowest BCUT2D eigenvalue weighted by Gasteiger charge is -2.23. The lowest BCUT2D eigenvalue weighted by molar-refractivity contribution is -0.122. The first kappa shape index (κ1) is 13.0. The zero-order chi connectivity index (χ0) is 13.1. The summed E-state index contributed by atoms with van der Waals surface area (Å²) in [4.78, 5) is 22.9. The van der Waals surface area contributed by atoms with Crippen LogP contribution in [0.25, 0.3) is 0 Å². The van der Waals surface area contributed by atoms with Gasteiger partial charge in [-0.1, -0.05) is 6.07 Å².